The molecule has 0 aromatic heterocycles. The van der Waals surface area contributed by atoms with E-state index in [1.54, 1.807) is 0 Å². The van der Waals surface area contributed by atoms with Gasteiger partial charge in [0.15, 0.2) is 0 Å². The molecule has 33 heavy (non-hydrogen) atoms. The first-order valence-corrected chi connectivity index (χ1v) is 13.2. The molecule has 0 N–H and O–H groups in total. The van der Waals surface area contributed by atoms with Crippen molar-refractivity contribution in [3.8, 4) is 17.2 Å². The molecule has 0 amide bonds. The topological polar surface area (TPSA) is 40.9 Å². The minimum atomic E-state index is -0.288. The lowest BCUT2D eigenvalue weighted by atomic mass is 9.59. The molecule has 2 aliphatic carbocycles. The summed E-state index contributed by atoms with van der Waals surface area (Å²) in [6, 6.07) is 20.8. The number of rotatable bonds is 7. The fourth-order valence-electron chi connectivity index (χ4n) is 6.38. The highest BCUT2D eigenvalue weighted by molar-refractivity contribution is 5.82. The van der Waals surface area contributed by atoms with Gasteiger partial charge in [-0.1, -0.05) is 75.2 Å². The summed E-state index contributed by atoms with van der Waals surface area (Å²) in [4.78, 5) is 12.7. The van der Waals surface area contributed by atoms with Crippen molar-refractivity contribution in [1.29, 1.82) is 5.26 Å². The lowest BCUT2D eigenvalue weighted by molar-refractivity contribution is -0.128. The van der Waals surface area contributed by atoms with Gasteiger partial charge in [-0.25, -0.2) is 0 Å². The van der Waals surface area contributed by atoms with Crippen LogP contribution in [0.2, 0.25) is 0 Å². The van der Waals surface area contributed by atoms with E-state index in [9.17, 15) is 10.1 Å². The number of aryl methyl sites for hydroxylation is 1. The lowest BCUT2D eigenvalue weighted by Crippen LogP contribution is -2.38. The van der Waals surface area contributed by atoms with Gasteiger partial charge in [0.2, 0.25) is 0 Å². The van der Waals surface area contributed by atoms with Crippen LogP contribution in [0.4, 0.5) is 0 Å². The zero-order valence-electron chi connectivity index (χ0n) is 20.5. The first-order valence-electron chi connectivity index (χ1n) is 13.2. The standard InChI is InChI=1S/C31H39NO/c1-3-5-23-7-9-24(10-8-23)25-11-13-26(14-12-25)27-17-19-31(22-32,20-18-27)29-16-15-28(6-4-2)30(33)21-29/h7-14,27-29H,3-6,15-21H2,1-2H3. The molecule has 2 saturated carbocycles. The zero-order valence-corrected chi connectivity index (χ0v) is 20.5. The van der Waals surface area contributed by atoms with E-state index in [1.165, 1.54) is 28.7 Å². The summed E-state index contributed by atoms with van der Waals surface area (Å²) in [6.45, 7) is 4.38. The molecule has 0 bridgehead atoms. The van der Waals surface area contributed by atoms with Gasteiger partial charge in [0.05, 0.1) is 11.5 Å². The molecule has 0 spiro atoms. The quantitative estimate of drug-likeness (QED) is 0.434. The molecule has 2 fully saturated rings. The highest BCUT2D eigenvalue weighted by atomic mass is 16.1. The number of hydrogen-bond donors (Lipinski definition) is 0. The van der Waals surface area contributed by atoms with Gasteiger partial charge in [0, 0.05) is 12.3 Å². The fourth-order valence-corrected chi connectivity index (χ4v) is 6.38. The third-order valence-corrected chi connectivity index (χ3v) is 8.49. The Bertz CT molecular complexity index is 957. The molecule has 2 unspecified atom stereocenters. The van der Waals surface area contributed by atoms with E-state index >= 15 is 0 Å². The Morgan fingerprint density at radius 2 is 1.52 bits per heavy atom. The molecule has 2 aromatic rings. The second-order valence-corrected chi connectivity index (χ2v) is 10.5. The number of carbonyl (C=O) groups is 1. The highest BCUT2D eigenvalue weighted by Crippen LogP contribution is 2.51. The maximum absolute atomic E-state index is 12.7. The third-order valence-electron chi connectivity index (χ3n) is 8.49. The van der Waals surface area contributed by atoms with E-state index in [2.05, 4.69) is 68.4 Å². The Hall–Kier alpha value is -2.40. The van der Waals surface area contributed by atoms with E-state index in [4.69, 9.17) is 0 Å². The number of nitriles is 1. The second-order valence-electron chi connectivity index (χ2n) is 10.5. The van der Waals surface area contributed by atoms with Gasteiger partial charge in [-0.3, -0.25) is 4.79 Å². The smallest absolute Gasteiger partial charge is 0.136 e. The maximum atomic E-state index is 12.7. The number of Topliss-reactive ketones (excluding diaryl/α,β-unsaturated/α-hetero) is 1. The second kappa shape index (κ2) is 10.7. The molecule has 174 valence electrons. The summed E-state index contributed by atoms with van der Waals surface area (Å²) in [5.74, 6) is 1.46. The van der Waals surface area contributed by atoms with Gasteiger partial charge >= 0.3 is 0 Å². The highest BCUT2D eigenvalue weighted by Gasteiger charge is 2.45. The van der Waals surface area contributed by atoms with Crippen molar-refractivity contribution in [1.82, 2.24) is 0 Å². The van der Waals surface area contributed by atoms with Crippen LogP contribution in [-0.4, -0.2) is 5.78 Å². The van der Waals surface area contributed by atoms with Crippen molar-refractivity contribution in [2.45, 2.75) is 90.4 Å². The summed E-state index contributed by atoms with van der Waals surface area (Å²) in [6.07, 6.45) is 11.1. The van der Waals surface area contributed by atoms with Crippen molar-refractivity contribution in [2.24, 2.45) is 17.3 Å². The van der Waals surface area contributed by atoms with Crippen LogP contribution in [0.3, 0.4) is 0 Å². The molecule has 0 heterocycles. The van der Waals surface area contributed by atoms with E-state index in [1.807, 2.05) is 0 Å². The van der Waals surface area contributed by atoms with E-state index in [-0.39, 0.29) is 17.3 Å². The van der Waals surface area contributed by atoms with Crippen LogP contribution in [0.1, 0.15) is 95.1 Å². The first kappa shape index (κ1) is 23.7. The fraction of sp³-hybridized carbons (Fsp3) is 0.548. The van der Waals surface area contributed by atoms with Crippen LogP contribution in [0, 0.1) is 28.6 Å². The Morgan fingerprint density at radius 3 is 2.06 bits per heavy atom. The zero-order chi connectivity index (χ0) is 23.3. The normalized spacial score (nSPS) is 27.8. The SMILES string of the molecule is CCCc1ccc(-c2ccc(C3CCC(C#N)(C4CCC(CCC)C(=O)C4)CC3)cc2)cc1. The van der Waals surface area contributed by atoms with Crippen LogP contribution >= 0.6 is 0 Å². The number of hydrogen-bond acceptors (Lipinski definition) is 2. The van der Waals surface area contributed by atoms with E-state index in [0.717, 1.165) is 57.8 Å². The van der Waals surface area contributed by atoms with Crippen molar-refractivity contribution < 1.29 is 4.79 Å². The Kier molecular flexibility index (Phi) is 7.69. The van der Waals surface area contributed by atoms with E-state index < -0.39 is 0 Å². The summed E-state index contributed by atoms with van der Waals surface area (Å²) in [7, 11) is 0. The summed E-state index contributed by atoms with van der Waals surface area (Å²) in [5, 5.41) is 10.2. The summed E-state index contributed by atoms with van der Waals surface area (Å²) >= 11 is 0. The van der Waals surface area contributed by atoms with Gasteiger partial charge in [0.25, 0.3) is 0 Å². The van der Waals surface area contributed by atoms with Crippen LogP contribution in [0.5, 0.6) is 0 Å². The third kappa shape index (κ3) is 5.24. The molecule has 2 aliphatic rings. The molecule has 0 radical (unpaired) electrons. The molecule has 2 aromatic carbocycles. The van der Waals surface area contributed by atoms with E-state index in [0.29, 0.717) is 18.1 Å². The lowest BCUT2D eigenvalue weighted by Gasteiger charge is -2.43. The molecular formula is C31H39NO. The predicted molar refractivity (Wildman–Crippen MR) is 136 cm³/mol. The molecular weight excluding hydrogens is 402 g/mol. The van der Waals surface area contributed by atoms with Gasteiger partial charge < -0.3 is 0 Å². The number of benzene rings is 2. The van der Waals surface area contributed by atoms with Crippen LogP contribution in [-0.2, 0) is 11.2 Å². The Morgan fingerprint density at radius 1 is 0.879 bits per heavy atom. The van der Waals surface area contributed by atoms with Crippen molar-refractivity contribution in [2.75, 3.05) is 0 Å². The Balaban J connectivity index is 1.38. The van der Waals surface area contributed by atoms with Crippen molar-refractivity contribution in [3.63, 3.8) is 0 Å². The molecule has 2 atom stereocenters. The van der Waals surface area contributed by atoms with Crippen molar-refractivity contribution >= 4 is 5.78 Å². The van der Waals surface area contributed by atoms with Crippen LogP contribution < -0.4 is 0 Å². The maximum Gasteiger partial charge on any atom is 0.136 e. The van der Waals surface area contributed by atoms with Gasteiger partial charge in [0.1, 0.15) is 5.78 Å². The minimum Gasteiger partial charge on any atom is -0.299 e. The number of carbonyl (C=O) groups excluding carboxylic acids is 1. The molecule has 0 aliphatic heterocycles. The van der Waals surface area contributed by atoms with Crippen molar-refractivity contribution in [3.05, 3.63) is 59.7 Å². The van der Waals surface area contributed by atoms with Crippen LogP contribution in [0.25, 0.3) is 11.1 Å². The van der Waals surface area contributed by atoms with Gasteiger partial charge in [-0.2, -0.15) is 5.26 Å². The molecule has 4 rings (SSSR count). The molecule has 2 heteroatoms. The monoisotopic (exact) mass is 441 g/mol. The predicted octanol–water partition coefficient (Wildman–Crippen LogP) is 8.26. The van der Waals surface area contributed by atoms with Gasteiger partial charge in [-0.05, 0) is 85.5 Å². The largest absolute Gasteiger partial charge is 0.299 e. The average molecular weight is 442 g/mol. The minimum absolute atomic E-state index is 0.250. The Labute approximate surface area is 200 Å². The summed E-state index contributed by atoms with van der Waals surface area (Å²) in [5.41, 5.74) is 5.06. The average Bonchev–Trinajstić information content (AvgIpc) is 2.86. The molecule has 0 saturated heterocycles. The number of nitrogens with zero attached hydrogens (tertiary/aromatic N) is 1. The number of ketones is 1. The molecule has 2 nitrogen and oxygen atoms in total. The van der Waals surface area contributed by atoms with Crippen LogP contribution in [0.15, 0.2) is 48.5 Å². The van der Waals surface area contributed by atoms with Gasteiger partial charge in [-0.15, -0.1) is 0 Å². The summed E-state index contributed by atoms with van der Waals surface area (Å²) < 4.78 is 0. The first-order chi connectivity index (χ1) is 16.1.